The Morgan fingerprint density at radius 3 is 2.87 bits per heavy atom. The van der Waals surface area contributed by atoms with Gasteiger partial charge < -0.3 is 4.98 Å². The summed E-state index contributed by atoms with van der Waals surface area (Å²) in [5.74, 6) is 0. The molecule has 0 bridgehead atoms. The second kappa shape index (κ2) is 3.76. The molecule has 2 aromatic heterocycles. The van der Waals surface area contributed by atoms with Gasteiger partial charge in [-0.15, -0.1) is 0 Å². The summed E-state index contributed by atoms with van der Waals surface area (Å²) in [7, 11) is 0. The first-order valence-corrected chi connectivity index (χ1v) is 4.35. The van der Waals surface area contributed by atoms with Crippen molar-refractivity contribution in [3.05, 3.63) is 52.6 Å². The molecule has 4 heteroatoms. The molecule has 0 aliphatic rings. The van der Waals surface area contributed by atoms with E-state index in [1.54, 1.807) is 24.5 Å². The van der Waals surface area contributed by atoms with Gasteiger partial charge in [-0.05, 0) is 18.2 Å². The van der Waals surface area contributed by atoms with Crippen LogP contribution < -0.4 is 5.56 Å². The molecule has 0 aliphatic carbocycles. The Bertz CT molecular complexity index is 566. The number of nitriles is 1. The molecule has 0 saturated carbocycles. The lowest BCUT2D eigenvalue weighted by atomic mass is 10.1. The van der Waals surface area contributed by atoms with Gasteiger partial charge in [0, 0.05) is 24.0 Å². The smallest absolute Gasteiger partial charge is 0.248 e. The minimum Gasteiger partial charge on any atom is -0.321 e. The number of nitrogens with one attached hydrogen (secondary N) is 1. The summed E-state index contributed by atoms with van der Waals surface area (Å²) in [6.07, 6.45) is 3.24. The summed E-state index contributed by atoms with van der Waals surface area (Å²) < 4.78 is 0. The van der Waals surface area contributed by atoms with Crippen LogP contribution in [0.15, 0.2) is 41.5 Å². The van der Waals surface area contributed by atoms with Gasteiger partial charge in [0.25, 0.3) is 0 Å². The van der Waals surface area contributed by atoms with Crippen LogP contribution in [0.1, 0.15) is 5.56 Å². The van der Waals surface area contributed by atoms with Crippen LogP contribution in [-0.2, 0) is 0 Å². The molecule has 0 unspecified atom stereocenters. The molecule has 0 aliphatic heterocycles. The lowest BCUT2D eigenvalue weighted by molar-refractivity contribution is 1.21. The Labute approximate surface area is 85.8 Å². The summed E-state index contributed by atoms with van der Waals surface area (Å²) in [4.78, 5) is 17.7. The third kappa shape index (κ3) is 1.76. The summed E-state index contributed by atoms with van der Waals surface area (Å²) in [6, 6.07) is 8.40. The van der Waals surface area contributed by atoms with E-state index < -0.39 is 0 Å². The number of aromatic nitrogens is 2. The van der Waals surface area contributed by atoms with Gasteiger partial charge in [0.1, 0.15) is 6.07 Å². The van der Waals surface area contributed by atoms with Crippen LogP contribution >= 0.6 is 0 Å². The molecule has 2 heterocycles. The van der Waals surface area contributed by atoms with E-state index in [-0.39, 0.29) is 5.56 Å². The predicted molar refractivity (Wildman–Crippen MR) is 55.0 cm³/mol. The number of rotatable bonds is 1. The highest BCUT2D eigenvalue weighted by Gasteiger charge is 2.04. The van der Waals surface area contributed by atoms with Gasteiger partial charge in [0.05, 0.1) is 11.3 Å². The molecule has 72 valence electrons. The fourth-order valence-corrected chi connectivity index (χ4v) is 1.31. The van der Waals surface area contributed by atoms with Crippen molar-refractivity contribution in [3.63, 3.8) is 0 Å². The Morgan fingerprint density at radius 2 is 2.20 bits per heavy atom. The van der Waals surface area contributed by atoms with Crippen molar-refractivity contribution in [2.45, 2.75) is 0 Å². The third-order valence-corrected chi connectivity index (χ3v) is 1.99. The van der Waals surface area contributed by atoms with E-state index in [4.69, 9.17) is 5.26 Å². The first-order valence-electron chi connectivity index (χ1n) is 4.35. The Morgan fingerprint density at radius 1 is 1.33 bits per heavy atom. The average Bonchev–Trinajstić information content (AvgIpc) is 2.30. The van der Waals surface area contributed by atoms with Crippen molar-refractivity contribution < 1.29 is 0 Å². The number of H-pyrrole nitrogens is 1. The molecule has 0 fully saturated rings. The molecule has 0 saturated heterocycles. The largest absolute Gasteiger partial charge is 0.321 e. The molecule has 2 aromatic rings. The molecule has 4 nitrogen and oxygen atoms in total. The Kier molecular flexibility index (Phi) is 2.30. The lowest BCUT2D eigenvalue weighted by Crippen LogP contribution is -2.06. The van der Waals surface area contributed by atoms with Crippen molar-refractivity contribution in [2.24, 2.45) is 0 Å². The molecule has 15 heavy (non-hydrogen) atoms. The van der Waals surface area contributed by atoms with Gasteiger partial charge in [-0.25, -0.2) is 0 Å². The minimum absolute atomic E-state index is 0.229. The molecule has 0 spiro atoms. The minimum atomic E-state index is -0.229. The number of aromatic amines is 1. The van der Waals surface area contributed by atoms with Crippen molar-refractivity contribution in [2.75, 3.05) is 0 Å². The summed E-state index contributed by atoms with van der Waals surface area (Å²) >= 11 is 0. The maximum absolute atomic E-state index is 11.1. The van der Waals surface area contributed by atoms with Crippen LogP contribution in [0.4, 0.5) is 0 Å². The maximum Gasteiger partial charge on any atom is 0.248 e. The number of pyridine rings is 2. The maximum atomic E-state index is 11.1. The van der Waals surface area contributed by atoms with Crippen molar-refractivity contribution in [1.29, 1.82) is 5.26 Å². The topological polar surface area (TPSA) is 69.5 Å². The lowest BCUT2D eigenvalue weighted by Gasteiger charge is -2.01. The van der Waals surface area contributed by atoms with Crippen molar-refractivity contribution in [3.8, 4) is 17.3 Å². The zero-order valence-electron chi connectivity index (χ0n) is 7.77. The summed E-state index contributed by atoms with van der Waals surface area (Å²) in [5, 5.41) is 8.88. The monoisotopic (exact) mass is 197 g/mol. The van der Waals surface area contributed by atoms with Crippen LogP contribution in [-0.4, -0.2) is 9.97 Å². The second-order valence-electron chi connectivity index (χ2n) is 2.96. The zero-order chi connectivity index (χ0) is 10.7. The molecule has 0 aromatic carbocycles. The molecule has 0 atom stereocenters. The highest BCUT2D eigenvalue weighted by Crippen LogP contribution is 2.17. The van der Waals surface area contributed by atoms with E-state index in [0.29, 0.717) is 11.3 Å². The van der Waals surface area contributed by atoms with E-state index in [0.717, 1.165) is 5.56 Å². The fraction of sp³-hybridized carbons (Fsp3) is 0. The standard InChI is InChI=1S/C11H7N3O/c12-6-8-3-4-10(15)14-11(8)9-2-1-5-13-7-9/h1-5,7H,(H,14,15). The number of hydrogen-bond donors (Lipinski definition) is 1. The highest BCUT2D eigenvalue weighted by molar-refractivity contribution is 5.65. The first kappa shape index (κ1) is 9.16. The summed E-state index contributed by atoms with van der Waals surface area (Å²) in [6.45, 7) is 0. The van der Waals surface area contributed by atoms with Crippen LogP contribution in [0.3, 0.4) is 0 Å². The predicted octanol–water partition coefficient (Wildman–Crippen LogP) is 1.31. The van der Waals surface area contributed by atoms with Gasteiger partial charge >= 0.3 is 0 Å². The second-order valence-corrected chi connectivity index (χ2v) is 2.96. The van der Waals surface area contributed by atoms with Gasteiger partial charge in [0.15, 0.2) is 0 Å². The van der Waals surface area contributed by atoms with Crippen LogP contribution in [0, 0.1) is 11.3 Å². The van der Waals surface area contributed by atoms with E-state index >= 15 is 0 Å². The van der Waals surface area contributed by atoms with Gasteiger partial charge in [0.2, 0.25) is 5.56 Å². The number of nitrogens with zero attached hydrogens (tertiary/aromatic N) is 2. The first-order chi connectivity index (χ1) is 7.31. The fourth-order valence-electron chi connectivity index (χ4n) is 1.31. The third-order valence-electron chi connectivity index (χ3n) is 1.99. The Hall–Kier alpha value is -2.41. The van der Waals surface area contributed by atoms with E-state index in [1.807, 2.05) is 6.07 Å². The van der Waals surface area contributed by atoms with Gasteiger partial charge in [-0.2, -0.15) is 5.26 Å². The Balaban J connectivity index is 2.68. The van der Waals surface area contributed by atoms with Gasteiger partial charge in [-0.1, -0.05) is 0 Å². The SMILES string of the molecule is N#Cc1ccc(=O)[nH]c1-c1cccnc1. The average molecular weight is 197 g/mol. The molecule has 0 radical (unpaired) electrons. The molecular formula is C11H7N3O. The summed E-state index contributed by atoms with van der Waals surface area (Å²) in [5.41, 5.74) is 1.44. The van der Waals surface area contributed by atoms with Crippen LogP contribution in [0.25, 0.3) is 11.3 Å². The zero-order valence-corrected chi connectivity index (χ0v) is 7.77. The number of hydrogen-bond acceptors (Lipinski definition) is 3. The highest BCUT2D eigenvalue weighted by atomic mass is 16.1. The molecule has 0 amide bonds. The molecule has 2 rings (SSSR count). The van der Waals surface area contributed by atoms with Crippen molar-refractivity contribution >= 4 is 0 Å². The quantitative estimate of drug-likeness (QED) is 0.749. The van der Waals surface area contributed by atoms with Crippen LogP contribution in [0.5, 0.6) is 0 Å². The van der Waals surface area contributed by atoms with Crippen molar-refractivity contribution in [1.82, 2.24) is 9.97 Å². The molecular weight excluding hydrogens is 190 g/mol. The van der Waals surface area contributed by atoms with E-state index in [2.05, 4.69) is 9.97 Å². The van der Waals surface area contributed by atoms with Crippen LogP contribution in [0.2, 0.25) is 0 Å². The molecule has 1 N–H and O–H groups in total. The van der Waals surface area contributed by atoms with E-state index in [1.165, 1.54) is 12.1 Å². The van der Waals surface area contributed by atoms with E-state index in [9.17, 15) is 4.79 Å². The normalized spacial score (nSPS) is 9.53. The van der Waals surface area contributed by atoms with Gasteiger partial charge in [-0.3, -0.25) is 9.78 Å².